The summed E-state index contributed by atoms with van der Waals surface area (Å²) in [5.41, 5.74) is 3.18. The molecule has 0 unspecified atom stereocenters. The zero-order chi connectivity index (χ0) is 32.8. The molecule has 1 aliphatic rings. The van der Waals surface area contributed by atoms with Crippen molar-refractivity contribution in [2.75, 3.05) is 17.2 Å². The fourth-order valence-electron chi connectivity index (χ4n) is 4.29. The first-order valence-corrected chi connectivity index (χ1v) is 18.1. The number of thiocarbonyl (C=S) groups is 1. The number of nitrogens with one attached hydrogen (secondary N) is 2. The lowest BCUT2D eigenvalue weighted by molar-refractivity contribution is -0.112. The van der Waals surface area contributed by atoms with Gasteiger partial charge < -0.3 is 24.6 Å². The van der Waals surface area contributed by atoms with E-state index in [9.17, 15) is 14.7 Å². The highest BCUT2D eigenvalue weighted by Crippen LogP contribution is 2.37. The first-order chi connectivity index (χ1) is 21.3. The van der Waals surface area contributed by atoms with Crippen molar-refractivity contribution in [1.29, 1.82) is 0 Å². The number of furan rings is 1. The van der Waals surface area contributed by atoms with Crippen LogP contribution < -0.4 is 10.6 Å². The van der Waals surface area contributed by atoms with Crippen LogP contribution in [0.25, 0.3) is 0 Å². The number of aromatic hydroxyl groups is 1. The molecule has 0 spiro atoms. The summed E-state index contributed by atoms with van der Waals surface area (Å²) in [4.78, 5) is 30.3. The molecule has 1 aliphatic heterocycles. The number of aryl methyl sites for hydroxylation is 2. The van der Waals surface area contributed by atoms with Crippen LogP contribution in [0.5, 0.6) is 5.75 Å². The van der Waals surface area contributed by atoms with Crippen molar-refractivity contribution < 1.29 is 23.5 Å². The van der Waals surface area contributed by atoms with Gasteiger partial charge in [-0.1, -0.05) is 63.0 Å². The molecule has 10 heteroatoms. The van der Waals surface area contributed by atoms with Gasteiger partial charge in [-0.3, -0.25) is 14.6 Å². The highest BCUT2D eigenvalue weighted by molar-refractivity contribution is 7.81. The van der Waals surface area contributed by atoms with E-state index in [-0.39, 0.29) is 28.0 Å². The van der Waals surface area contributed by atoms with Gasteiger partial charge in [-0.2, -0.15) is 0 Å². The van der Waals surface area contributed by atoms with Crippen molar-refractivity contribution >= 4 is 54.8 Å². The predicted octanol–water partition coefficient (Wildman–Crippen LogP) is 7.44. The highest BCUT2D eigenvalue weighted by Gasteiger charge is 2.36. The molecule has 3 N–H and O–H groups in total. The summed E-state index contributed by atoms with van der Waals surface area (Å²) in [5, 5.41) is 16.6. The van der Waals surface area contributed by atoms with Crippen LogP contribution in [0.1, 0.15) is 54.4 Å². The summed E-state index contributed by atoms with van der Waals surface area (Å²) in [7, 11) is -1.84. The smallest absolute Gasteiger partial charge is 0.291 e. The van der Waals surface area contributed by atoms with Crippen LogP contribution in [-0.4, -0.2) is 42.9 Å². The summed E-state index contributed by atoms with van der Waals surface area (Å²) < 4.78 is 11.5. The molecule has 0 saturated heterocycles. The van der Waals surface area contributed by atoms with Gasteiger partial charge in [0.1, 0.15) is 5.75 Å². The Kier molecular flexibility index (Phi) is 10.6. The topological polar surface area (TPSA) is 113 Å². The number of amides is 2. The Bertz CT molecular complexity index is 1720. The lowest BCUT2D eigenvalue weighted by Gasteiger charge is -2.36. The molecular formula is C35H39N3O5SSi. The Hall–Kier alpha value is -4.30. The van der Waals surface area contributed by atoms with Gasteiger partial charge in [-0.25, -0.2) is 0 Å². The minimum absolute atomic E-state index is 0.0227. The SMILES string of the molecule is Cc1ccoc1C(=O)Nc1cccc(C#C[C@H]2C=NC=C(C(=O)Nc3cccc(CCCO[Si](C)(C)C(C)(C)C)c3O)C2=S)c1. The van der Waals surface area contributed by atoms with E-state index in [0.29, 0.717) is 34.8 Å². The summed E-state index contributed by atoms with van der Waals surface area (Å²) in [6.07, 6.45) is 5.82. The Balaban J connectivity index is 1.37. The summed E-state index contributed by atoms with van der Waals surface area (Å²) in [6, 6.07) is 14.1. The molecule has 0 fully saturated rings. The Morgan fingerprint density at radius 2 is 1.87 bits per heavy atom. The zero-order valence-electron chi connectivity index (χ0n) is 26.5. The third-order valence-electron chi connectivity index (χ3n) is 8.02. The number of phenolic OH excluding ortho intramolecular Hbond substituents is 1. The molecule has 0 aliphatic carbocycles. The van der Waals surface area contributed by atoms with E-state index in [1.165, 1.54) is 12.5 Å². The third kappa shape index (κ3) is 8.45. The summed E-state index contributed by atoms with van der Waals surface area (Å²) >= 11 is 5.62. The van der Waals surface area contributed by atoms with Crippen molar-refractivity contribution in [2.45, 2.75) is 58.7 Å². The van der Waals surface area contributed by atoms with Crippen molar-refractivity contribution in [1.82, 2.24) is 0 Å². The van der Waals surface area contributed by atoms with Gasteiger partial charge in [0.05, 0.1) is 23.4 Å². The molecule has 0 saturated carbocycles. The second-order valence-electron chi connectivity index (χ2n) is 12.4. The number of anilines is 2. The molecule has 2 heterocycles. The maximum Gasteiger partial charge on any atom is 0.291 e. The van der Waals surface area contributed by atoms with Crippen molar-refractivity contribution in [3.8, 4) is 17.6 Å². The van der Waals surface area contributed by atoms with Gasteiger partial charge in [0.2, 0.25) is 0 Å². The van der Waals surface area contributed by atoms with Crippen LogP contribution in [0.3, 0.4) is 0 Å². The third-order valence-corrected chi connectivity index (χ3v) is 13.0. The van der Waals surface area contributed by atoms with Gasteiger partial charge in [0.25, 0.3) is 11.8 Å². The molecule has 1 aromatic heterocycles. The number of benzene rings is 2. The summed E-state index contributed by atoms with van der Waals surface area (Å²) in [5.74, 6) is 5.00. The van der Waals surface area contributed by atoms with Crippen LogP contribution in [-0.2, 0) is 15.6 Å². The first kappa shape index (κ1) is 33.6. The van der Waals surface area contributed by atoms with Crippen LogP contribution >= 0.6 is 12.2 Å². The fourth-order valence-corrected chi connectivity index (χ4v) is 5.65. The Labute approximate surface area is 271 Å². The van der Waals surface area contributed by atoms with Crippen LogP contribution in [0.2, 0.25) is 18.1 Å². The standard InChI is InChI=1S/C35H39N3O5SSi/c1-23-17-19-42-31(23)34(41)37-27-13-7-10-24(20-27)15-16-26-21-36-22-28(32(26)44)33(40)38-29-14-8-11-25(30(29)39)12-9-18-43-45(5,6)35(2,3)4/h7-8,10-11,13-14,17,19-22,26,39H,9,12,18H2,1-6H3,(H,37,41)(H,38,40)/t26-/m0/s1. The predicted molar refractivity (Wildman–Crippen MR) is 186 cm³/mol. The molecular weight excluding hydrogens is 603 g/mol. The van der Waals surface area contributed by atoms with Gasteiger partial charge in [0.15, 0.2) is 14.1 Å². The van der Waals surface area contributed by atoms with Crippen LogP contribution in [0, 0.1) is 24.7 Å². The number of rotatable bonds is 9. The van der Waals surface area contributed by atoms with E-state index in [4.69, 9.17) is 21.1 Å². The average molecular weight is 642 g/mol. The number of hydrogen-bond acceptors (Lipinski definition) is 7. The highest BCUT2D eigenvalue weighted by atomic mass is 32.1. The maximum absolute atomic E-state index is 13.2. The molecule has 2 amide bonds. The number of nitrogens with zero attached hydrogens (tertiary/aromatic N) is 1. The summed E-state index contributed by atoms with van der Waals surface area (Å²) in [6.45, 7) is 13.5. The molecule has 4 rings (SSSR count). The second kappa shape index (κ2) is 14.2. The van der Waals surface area contributed by atoms with Gasteiger partial charge in [-0.05, 0) is 73.8 Å². The zero-order valence-corrected chi connectivity index (χ0v) is 28.3. The number of aliphatic imine (C=N–C) groups is 1. The number of carbonyl (C=O) groups excluding carboxylic acids is 2. The number of carbonyl (C=O) groups is 2. The second-order valence-corrected chi connectivity index (χ2v) is 17.6. The van der Waals surface area contributed by atoms with Gasteiger partial charge >= 0.3 is 0 Å². The van der Waals surface area contributed by atoms with Crippen molar-refractivity contribution in [2.24, 2.45) is 10.9 Å². The lowest BCUT2D eigenvalue weighted by atomic mass is 9.97. The molecule has 0 bridgehead atoms. The lowest BCUT2D eigenvalue weighted by Crippen LogP contribution is -2.41. The van der Waals surface area contributed by atoms with E-state index >= 15 is 0 Å². The van der Waals surface area contributed by atoms with E-state index < -0.39 is 20.1 Å². The fraction of sp³-hybridized carbons (Fsp3) is 0.314. The molecule has 1 atom stereocenters. The number of hydrogen-bond donors (Lipinski definition) is 3. The molecule has 234 valence electrons. The molecule has 3 aromatic rings. The van der Waals surface area contributed by atoms with Crippen molar-refractivity contribution in [3.63, 3.8) is 0 Å². The normalized spacial score (nSPS) is 14.8. The van der Waals surface area contributed by atoms with Crippen molar-refractivity contribution in [3.05, 3.63) is 89.0 Å². The van der Waals surface area contributed by atoms with E-state index in [1.807, 2.05) is 12.1 Å². The van der Waals surface area contributed by atoms with Crippen LogP contribution in [0.15, 0.2) is 76.0 Å². The van der Waals surface area contributed by atoms with E-state index in [0.717, 1.165) is 17.5 Å². The van der Waals surface area contributed by atoms with E-state index in [2.05, 4.69) is 61.3 Å². The molecule has 45 heavy (non-hydrogen) atoms. The Morgan fingerprint density at radius 1 is 1.11 bits per heavy atom. The van der Waals surface area contributed by atoms with Gasteiger partial charge in [-0.15, -0.1) is 0 Å². The average Bonchev–Trinajstić information content (AvgIpc) is 3.42. The number of phenols is 1. The quantitative estimate of drug-likeness (QED) is 0.0736. The van der Waals surface area contributed by atoms with E-state index in [1.54, 1.807) is 49.5 Å². The molecule has 2 aromatic carbocycles. The van der Waals surface area contributed by atoms with Gasteiger partial charge in [0, 0.05) is 40.7 Å². The molecule has 0 radical (unpaired) electrons. The largest absolute Gasteiger partial charge is 0.505 e. The minimum atomic E-state index is -1.84. The Morgan fingerprint density at radius 3 is 2.58 bits per heavy atom. The number of para-hydroxylation sites is 1. The monoisotopic (exact) mass is 641 g/mol. The van der Waals surface area contributed by atoms with Crippen LogP contribution in [0.4, 0.5) is 11.4 Å². The first-order valence-electron chi connectivity index (χ1n) is 14.8. The minimum Gasteiger partial charge on any atom is -0.505 e. The maximum atomic E-state index is 13.2. The molecule has 8 nitrogen and oxygen atoms in total.